The summed E-state index contributed by atoms with van der Waals surface area (Å²) in [4.78, 5) is 0. The predicted octanol–water partition coefficient (Wildman–Crippen LogP) is 1.27. The number of hydrogen-bond donors (Lipinski definition) is 2. The molecule has 17 heavy (non-hydrogen) atoms. The van der Waals surface area contributed by atoms with Gasteiger partial charge in [-0.05, 0) is 25.1 Å². The number of rotatable bonds is 6. The zero-order valence-electron chi connectivity index (χ0n) is 9.89. The normalized spacial score (nSPS) is 14.4. The maximum Gasteiger partial charge on any atom is 0.125 e. The second-order valence-electron chi connectivity index (χ2n) is 3.78. The monoisotopic (exact) mass is 244 g/mol. The Morgan fingerprint density at radius 2 is 2.00 bits per heavy atom. The van der Waals surface area contributed by atoms with Crippen LogP contribution in [0.25, 0.3) is 0 Å². The van der Waals surface area contributed by atoms with Crippen LogP contribution in [0.15, 0.2) is 18.2 Å². The van der Waals surface area contributed by atoms with Crippen LogP contribution in [-0.4, -0.2) is 36.6 Å². The van der Waals surface area contributed by atoms with Crippen LogP contribution in [0, 0.1) is 5.82 Å². The molecule has 0 radical (unpaired) electrons. The molecule has 0 aliphatic carbocycles. The largest absolute Gasteiger partial charge is 0.490 e. The molecule has 0 amide bonds. The van der Waals surface area contributed by atoms with Crippen LogP contribution in [-0.2, 0) is 4.74 Å². The van der Waals surface area contributed by atoms with Crippen LogP contribution < -0.4 is 4.74 Å². The second kappa shape index (κ2) is 6.54. The first-order valence-electron chi connectivity index (χ1n) is 5.32. The van der Waals surface area contributed by atoms with Crippen LogP contribution in [0.2, 0.25) is 0 Å². The van der Waals surface area contributed by atoms with E-state index >= 15 is 0 Å². The van der Waals surface area contributed by atoms with Gasteiger partial charge in [0.15, 0.2) is 0 Å². The average molecular weight is 244 g/mol. The second-order valence-corrected chi connectivity index (χ2v) is 3.78. The van der Waals surface area contributed by atoms with E-state index in [1.807, 2.05) is 0 Å². The third kappa shape index (κ3) is 4.30. The van der Waals surface area contributed by atoms with Crippen molar-refractivity contribution >= 4 is 0 Å². The topological polar surface area (TPSA) is 58.9 Å². The van der Waals surface area contributed by atoms with Gasteiger partial charge in [0.1, 0.15) is 24.3 Å². The van der Waals surface area contributed by atoms with E-state index in [0.717, 1.165) is 0 Å². The first-order chi connectivity index (χ1) is 8.04. The molecule has 0 aliphatic heterocycles. The maximum absolute atomic E-state index is 13.0. The summed E-state index contributed by atoms with van der Waals surface area (Å²) < 4.78 is 23.1. The van der Waals surface area contributed by atoms with Gasteiger partial charge >= 0.3 is 0 Å². The van der Waals surface area contributed by atoms with Gasteiger partial charge in [-0.1, -0.05) is 0 Å². The highest BCUT2D eigenvalue weighted by atomic mass is 19.1. The van der Waals surface area contributed by atoms with Gasteiger partial charge in [-0.3, -0.25) is 0 Å². The fourth-order valence-electron chi connectivity index (χ4n) is 1.40. The van der Waals surface area contributed by atoms with Crippen molar-refractivity contribution in [2.45, 2.75) is 19.1 Å². The molecule has 4 nitrogen and oxygen atoms in total. The molecule has 0 fully saturated rings. The van der Waals surface area contributed by atoms with E-state index in [0.29, 0.717) is 11.3 Å². The molecule has 1 rings (SSSR count). The van der Waals surface area contributed by atoms with Crippen molar-refractivity contribution in [2.24, 2.45) is 0 Å². The standard InChI is InChI=1S/C12H17FO4/c1-8(14)11-5-9(13)3-4-12(11)17-7-10(15)6-16-2/h3-5,8,10,14-15H,6-7H2,1-2H3/t8-,10?/m1/s1. The molecule has 96 valence electrons. The Kier molecular flexibility index (Phi) is 5.34. The van der Waals surface area contributed by atoms with Gasteiger partial charge in [-0.15, -0.1) is 0 Å². The summed E-state index contributed by atoms with van der Waals surface area (Å²) in [7, 11) is 1.47. The molecule has 0 heterocycles. The molecule has 1 aromatic rings. The Morgan fingerprint density at radius 1 is 1.29 bits per heavy atom. The summed E-state index contributed by atoms with van der Waals surface area (Å²) in [6.45, 7) is 1.71. The lowest BCUT2D eigenvalue weighted by molar-refractivity contribution is 0.0316. The number of benzene rings is 1. The highest BCUT2D eigenvalue weighted by molar-refractivity contribution is 5.35. The van der Waals surface area contributed by atoms with E-state index in [2.05, 4.69) is 0 Å². The number of methoxy groups -OCH3 is 1. The van der Waals surface area contributed by atoms with Crippen molar-refractivity contribution in [1.29, 1.82) is 0 Å². The number of aliphatic hydroxyl groups is 2. The quantitative estimate of drug-likeness (QED) is 0.791. The van der Waals surface area contributed by atoms with Crippen molar-refractivity contribution in [1.82, 2.24) is 0 Å². The molecule has 1 unspecified atom stereocenters. The number of ether oxygens (including phenoxy) is 2. The van der Waals surface area contributed by atoms with E-state index in [1.54, 1.807) is 0 Å². The minimum Gasteiger partial charge on any atom is -0.490 e. The van der Waals surface area contributed by atoms with E-state index < -0.39 is 18.0 Å². The molecule has 0 saturated heterocycles. The van der Waals surface area contributed by atoms with Gasteiger partial charge < -0.3 is 19.7 Å². The van der Waals surface area contributed by atoms with Gasteiger partial charge in [0.25, 0.3) is 0 Å². The van der Waals surface area contributed by atoms with Crippen LogP contribution in [0.5, 0.6) is 5.75 Å². The SMILES string of the molecule is COCC(O)COc1ccc(F)cc1[C@@H](C)O. The molecule has 2 N–H and O–H groups in total. The van der Waals surface area contributed by atoms with Crippen LogP contribution in [0.1, 0.15) is 18.6 Å². The Hall–Kier alpha value is -1.17. The zero-order valence-corrected chi connectivity index (χ0v) is 9.89. The van der Waals surface area contributed by atoms with Crippen LogP contribution in [0.3, 0.4) is 0 Å². The third-order valence-electron chi connectivity index (χ3n) is 2.21. The van der Waals surface area contributed by atoms with Crippen LogP contribution in [0.4, 0.5) is 4.39 Å². The first kappa shape index (κ1) is 13.9. The molecule has 2 atom stereocenters. The number of hydrogen-bond acceptors (Lipinski definition) is 4. The highest BCUT2D eigenvalue weighted by Gasteiger charge is 2.12. The summed E-state index contributed by atoms with van der Waals surface area (Å²) in [6, 6.07) is 3.88. The Bertz CT molecular complexity index is 354. The summed E-state index contributed by atoms with van der Waals surface area (Å²) >= 11 is 0. The Morgan fingerprint density at radius 3 is 2.59 bits per heavy atom. The summed E-state index contributed by atoms with van der Waals surface area (Å²) in [5, 5.41) is 18.9. The average Bonchev–Trinajstić information content (AvgIpc) is 2.27. The summed E-state index contributed by atoms with van der Waals surface area (Å²) in [6.07, 6.45) is -1.59. The molecule has 0 spiro atoms. The van der Waals surface area contributed by atoms with Crippen molar-refractivity contribution in [3.63, 3.8) is 0 Å². The molecule has 1 aromatic carbocycles. The first-order valence-corrected chi connectivity index (χ1v) is 5.32. The minimum absolute atomic E-state index is 0.0270. The smallest absolute Gasteiger partial charge is 0.125 e. The number of halogens is 1. The highest BCUT2D eigenvalue weighted by Crippen LogP contribution is 2.26. The lowest BCUT2D eigenvalue weighted by Crippen LogP contribution is -2.23. The fourth-order valence-corrected chi connectivity index (χ4v) is 1.40. The van der Waals surface area contributed by atoms with Crippen molar-refractivity contribution in [2.75, 3.05) is 20.3 Å². The lowest BCUT2D eigenvalue weighted by atomic mass is 10.1. The van der Waals surface area contributed by atoms with E-state index in [9.17, 15) is 14.6 Å². The molecular formula is C12H17FO4. The van der Waals surface area contributed by atoms with Crippen molar-refractivity contribution in [3.8, 4) is 5.75 Å². The Balaban J connectivity index is 2.70. The molecule has 0 aromatic heterocycles. The van der Waals surface area contributed by atoms with Crippen LogP contribution >= 0.6 is 0 Å². The molecule has 0 bridgehead atoms. The van der Waals surface area contributed by atoms with Gasteiger partial charge in [0.05, 0.1) is 12.7 Å². The fraction of sp³-hybridized carbons (Fsp3) is 0.500. The van der Waals surface area contributed by atoms with Gasteiger partial charge in [0.2, 0.25) is 0 Å². The molecule has 0 saturated carbocycles. The predicted molar refractivity (Wildman–Crippen MR) is 60.4 cm³/mol. The molecule has 5 heteroatoms. The summed E-state index contributed by atoms with van der Waals surface area (Å²) in [5.41, 5.74) is 0.356. The summed E-state index contributed by atoms with van der Waals surface area (Å²) in [5.74, 6) is -0.0813. The van der Waals surface area contributed by atoms with Gasteiger partial charge in [-0.2, -0.15) is 0 Å². The van der Waals surface area contributed by atoms with E-state index in [4.69, 9.17) is 9.47 Å². The van der Waals surface area contributed by atoms with Crippen molar-refractivity contribution in [3.05, 3.63) is 29.6 Å². The van der Waals surface area contributed by atoms with Gasteiger partial charge in [0, 0.05) is 12.7 Å². The molecular weight excluding hydrogens is 227 g/mol. The molecule has 0 aliphatic rings. The maximum atomic E-state index is 13.0. The van der Waals surface area contributed by atoms with E-state index in [1.165, 1.54) is 32.2 Å². The lowest BCUT2D eigenvalue weighted by Gasteiger charge is -2.15. The Labute approximate surface area is 99.6 Å². The van der Waals surface area contributed by atoms with Gasteiger partial charge in [-0.25, -0.2) is 4.39 Å². The minimum atomic E-state index is -0.833. The number of aliphatic hydroxyl groups excluding tert-OH is 2. The van der Waals surface area contributed by atoms with Crippen molar-refractivity contribution < 1.29 is 24.1 Å². The van der Waals surface area contributed by atoms with E-state index in [-0.39, 0.29) is 13.2 Å². The third-order valence-corrected chi connectivity index (χ3v) is 2.21. The zero-order chi connectivity index (χ0) is 12.8.